The summed E-state index contributed by atoms with van der Waals surface area (Å²) in [4.78, 5) is 28.5. The minimum absolute atomic E-state index is 0.0439. The maximum atomic E-state index is 12.0. The van der Waals surface area contributed by atoms with Crippen LogP contribution in [0.2, 0.25) is 0 Å². The number of ketones is 1. The van der Waals surface area contributed by atoms with Crippen molar-refractivity contribution in [1.82, 2.24) is 5.48 Å². The van der Waals surface area contributed by atoms with Gasteiger partial charge in [-0.3, -0.25) is 14.4 Å². The summed E-state index contributed by atoms with van der Waals surface area (Å²) in [7, 11) is 0. The van der Waals surface area contributed by atoms with Crippen molar-refractivity contribution in [2.24, 2.45) is 5.41 Å². The maximum Gasteiger partial charge on any atom is 0.274 e. The van der Waals surface area contributed by atoms with Crippen LogP contribution in [0.5, 0.6) is 0 Å². The molecular formula is C15H19NO3. The smallest absolute Gasteiger partial charge is 0.274 e. The highest BCUT2D eigenvalue weighted by molar-refractivity contribution is 6.01. The molecule has 0 heterocycles. The zero-order valence-electron chi connectivity index (χ0n) is 11.5. The van der Waals surface area contributed by atoms with Crippen LogP contribution in [-0.4, -0.2) is 18.3 Å². The Morgan fingerprint density at radius 1 is 1.21 bits per heavy atom. The van der Waals surface area contributed by atoms with Crippen molar-refractivity contribution in [1.29, 1.82) is 0 Å². The number of Topliss-reactive ketones (excluding diaryl/α,β-unsaturated/α-hetero) is 1. The van der Waals surface area contributed by atoms with Gasteiger partial charge in [0.1, 0.15) is 0 Å². The Bertz CT molecular complexity index is 469. The SMILES string of the molecule is C=CCONC(=O)c1ccc(C(=O)C(C)(C)C)cc1. The minimum Gasteiger partial charge on any atom is -0.294 e. The molecular weight excluding hydrogens is 242 g/mol. The number of hydroxylamine groups is 1. The predicted octanol–water partition coefficient (Wildman–Crippen LogP) is 2.76. The summed E-state index contributed by atoms with van der Waals surface area (Å²) in [6.45, 7) is 9.29. The average molecular weight is 261 g/mol. The van der Waals surface area contributed by atoms with Crippen molar-refractivity contribution >= 4 is 11.7 Å². The lowest BCUT2D eigenvalue weighted by molar-refractivity contribution is 0.0421. The van der Waals surface area contributed by atoms with Crippen molar-refractivity contribution in [3.8, 4) is 0 Å². The van der Waals surface area contributed by atoms with E-state index in [1.165, 1.54) is 6.08 Å². The lowest BCUT2D eigenvalue weighted by Gasteiger charge is -2.16. The van der Waals surface area contributed by atoms with Gasteiger partial charge in [0.15, 0.2) is 5.78 Å². The normalized spacial score (nSPS) is 10.9. The van der Waals surface area contributed by atoms with Gasteiger partial charge in [-0.1, -0.05) is 39.0 Å². The molecule has 4 nitrogen and oxygen atoms in total. The Labute approximate surface area is 113 Å². The molecule has 0 unspecified atom stereocenters. The quantitative estimate of drug-likeness (QED) is 0.384. The molecule has 1 N–H and O–H groups in total. The van der Waals surface area contributed by atoms with Crippen molar-refractivity contribution in [2.75, 3.05) is 6.61 Å². The van der Waals surface area contributed by atoms with Gasteiger partial charge in [0.2, 0.25) is 0 Å². The molecule has 0 saturated carbocycles. The van der Waals surface area contributed by atoms with Crippen molar-refractivity contribution in [3.05, 3.63) is 48.0 Å². The highest BCUT2D eigenvalue weighted by Crippen LogP contribution is 2.20. The number of benzene rings is 1. The van der Waals surface area contributed by atoms with Crippen LogP contribution < -0.4 is 5.48 Å². The molecule has 0 radical (unpaired) electrons. The van der Waals surface area contributed by atoms with E-state index in [9.17, 15) is 9.59 Å². The Balaban J connectivity index is 2.74. The lowest BCUT2D eigenvalue weighted by Crippen LogP contribution is -2.24. The van der Waals surface area contributed by atoms with Crippen LogP contribution in [0.1, 0.15) is 41.5 Å². The molecule has 1 aromatic rings. The number of carbonyl (C=O) groups is 2. The molecule has 1 aromatic carbocycles. The molecule has 0 atom stereocenters. The summed E-state index contributed by atoms with van der Waals surface area (Å²) < 4.78 is 0. The molecule has 0 spiro atoms. The molecule has 1 rings (SSSR count). The van der Waals surface area contributed by atoms with Gasteiger partial charge in [-0.05, 0) is 12.1 Å². The predicted molar refractivity (Wildman–Crippen MR) is 73.8 cm³/mol. The van der Waals surface area contributed by atoms with Crippen LogP contribution in [0.4, 0.5) is 0 Å². The van der Waals surface area contributed by atoms with E-state index >= 15 is 0 Å². The van der Waals surface area contributed by atoms with Crippen LogP contribution in [0, 0.1) is 5.41 Å². The van der Waals surface area contributed by atoms with E-state index in [-0.39, 0.29) is 18.3 Å². The van der Waals surface area contributed by atoms with Gasteiger partial charge in [0.25, 0.3) is 5.91 Å². The second-order valence-electron chi connectivity index (χ2n) is 5.19. The fourth-order valence-electron chi connectivity index (χ4n) is 1.43. The fraction of sp³-hybridized carbons (Fsp3) is 0.333. The molecule has 0 fully saturated rings. The fourth-order valence-corrected chi connectivity index (χ4v) is 1.43. The summed E-state index contributed by atoms with van der Waals surface area (Å²) in [6.07, 6.45) is 1.53. The Kier molecular flexibility index (Phi) is 5.01. The number of carbonyl (C=O) groups excluding carboxylic acids is 2. The van der Waals surface area contributed by atoms with Crippen molar-refractivity contribution in [2.45, 2.75) is 20.8 Å². The zero-order chi connectivity index (χ0) is 14.5. The molecule has 1 amide bonds. The van der Waals surface area contributed by atoms with Crippen LogP contribution >= 0.6 is 0 Å². The second-order valence-corrected chi connectivity index (χ2v) is 5.19. The summed E-state index contributed by atoms with van der Waals surface area (Å²) in [5, 5.41) is 0. The van der Waals surface area contributed by atoms with E-state index in [1.54, 1.807) is 24.3 Å². The number of hydrogen-bond acceptors (Lipinski definition) is 3. The maximum absolute atomic E-state index is 12.0. The Morgan fingerprint density at radius 2 is 1.74 bits per heavy atom. The first-order valence-corrected chi connectivity index (χ1v) is 6.04. The largest absolute Gasteiger partial charge is 0.294 e. The van der Waals surface area contributed by atoms with Crippen LogP contribution in [0.15, 0.2) is 36.9 Å². The first kappa shape index (κ1) is 15.1. The molecule has 0 bridgehead atoms. The molecule has 0 aromatic heterocycles. The minimum atomic E-state index is -0.434. The summed E-state index contributed by atoms with van der Waals surface area (Å²) in [5.41, 5.74) is 2.88. The van der Waals surface area contributed by atoms with E-state index in [0.717, 1.165) is 0 Å². The summed E-state index contributed by atoms with van der Waals surface area (Å²) in [5.74, 6) is -0.307. The van der Waals surface area contributed by atoms with Crippen LogP contribution in [0.3, 0.4) is 0 Å². The van der Waals surface area contributed by atoms with Gasteiger partial charge in [0.05, 0.1) is 6.61 Å². The third-order valence-electron chi connectivity index (χ3n) is 2.46. The lowest BCUT2D eigenvalue weighted by atomic mass is 9.86. The number of amides is 1. The molecule has 0 aliphatic rings. The first-order valence-electron chi connectivity index (χ1n) is 6.04. The molecule has 102 valence electrons. The highest BCUT2D eigenvalue weighted by Gasteiger charge is 2.22. The number of rotatable bonds is 5. The van der Waals surface area contributed by atoms with E-state index in [4.69, 9.17) is 4.84 Å². The van der Waals surface area contributed by atoms with E-state index in [0.29, 0.717) is 11.1 Å². The van der Waals surface area contributed by atoms with Gasteiger partial charge in [-0.2, -0.15) is 0 Å². The number of hydrogen-bond donors (Lipinski definition) is 1. The molecule has 0 aliphatic heterocycles. The van der Waals surface area contributed by atoms with E-state index in [1.807, 2.05) is 20.8 Å². The molecule has 0 saturated heterocycles. The summed E-state index contributed by atoms with van der Waals surface area (Å²) >= 11 is 0. The van der Waals surface area contributed by atoms with Crippen LogP contribution in [-0.2, 0) is 4.84 Å². The molecule has 0 aliphatic carbocycles. The molecule has 4 heteroatoms. The first-order chi connectivity index (χ1) is 8.86. The Morgan fingerprint density at radius 3 is 2.21 bits per heavy atom. The standard InChI is InChI=1S/C15H19NO3/c1-5-10-19-16-14(18)12-8-6-11(7-9-12)13(17)15(2,3)4/h5-9H,1,10H2,2-4H3,(H,16,18). The second kappa shape index (κ2) is 6.29. The summed E-state index contributed by atoms with van der Waals surface area (Å²) in [6, 6.07) is 6.50. The Hall–Kier alpha value is -1.94. The van der Waals surface area contributed by atoms with Gasteiger partial charge in [-0.15, -0.1) is 6.58 Å². The molecule has 19 heavy (non-hydrogen) atoms. The van der Waals surface area contributed by atoms with Crippen molar-refractivity contribution in [3.63, 3.8) is 0 Å². The van der Waals surface area contributed by atoms with Gasteiger partial charge >= 0.3 is 0 Å². The zero-order valence-corrected chi connectivity index (χ0v) is 11.5. The van der Waals surface area contributed by atoms with E-state index < -0.39 is 5.41 Å². The highest BCUT2D eigenvalue weighted by atomic mass is 16.6. The van der Waals surface area contributed by atoms with Crippen molar-refractivity contribution < 1.29 is 14.4 Å². The number of nitrogens with one attached hydrogen (secondary N) is 1. The third-order valence-corrected chi connectivity index (χ3v) is 2.46. The topological polar surface area (TPSA) is 55.4 Å². The van der Waals surface area contributed by atoms with E-state index in [2.05, 4.69) is 12.1 Å². The third kappa shape index (κ3) is 4.34. The van der Waals surface area contributed by atoms with Gasteiger partial charge < -0.3 is 0 Å². The van der Waals surface area contributed by atoms with Crippen LogP contribution in [0.25, 0.3) is 0 Å². The average Bonchev–Trinajstić information content (AvgIpc) is 2.37. The van der Waals surface area contributed by atoms with Gasteiger partial charge in [0, 0.05) is 16.5 Å². The van der Waals surface area contributed by atoms with Gasteiger partial charge in [-0.25, -0.2) is 5.48 Å². The monoisotopic (exact) mass is 261 g/mol.